The van der Waals surface area contributed by atoms with Gasteiger partial charge in [0.1, 0.15) is 4.88 Å². The van der Waals surface area contributed by atoms with Gasteiger partial charge < -0.3 is 15.5 Å². The van der Waals surface area contributed by atoms with Crippen LogP contribution in [0.2, 0.25) is 0 Å². The minimum Gasteiger partial charge on any atom is -0.375 e. The van der Waals surface area contributed by atoms with Crippen molar-refractivity contribution >= 4 is 28.3 Å². The Morgan fingerprint density at radius 1 is 1.33 bits per heavy atom. The highest BCUT2D eigenvalue weighted by Gasteiger charge is 2.42. The number of aromatic nitrogens is 1. The molecule has 3 heterocycles. The van der Waals surface area contributed by atoms with Crippen molar-refractivity contribution in [2.45, 2.75) is 46.0 Å². The summed E-state index contributed by atoms with van der Waals surface area (Å²) in [4.78, 5) is 33.9. The Bertz CT molecular complexity index is 645. The molecule has 0 aromatic carbocycles. The van der Waals surface area contributed by atoms with Gasteiger partial charge in [0.25, 0.3) is 5.91 Å². The van der Waals surface area contributed by atoms with Gasteiger partial charge in [0.2, 0.25) is 5.91 Å². The van der Waals surface area contributed by atoms with Crippen LogP contribution < -0.4 is 5.73 Å². The summed E-state index contributed by atoms with van der Waals surface area (Å²) < 4.78 is 0. The van der Waals surface area contributed by atoms with E-state index in [0.29, 0.717) is 22.9 Å². The lowest BCUT2D eigenvalue weighted by atomic mass is 9.73. The van der Waals surface area contributed by atoms with E-state index in [-0.39, 0.29) is 17.2 Å². The van der Waals surface area contributed by atoms with E-state index in [0.717, 1.165) is 51.1 Å². The van der Waals surface area contributed by atoms with Crippen molar-refractivity contribution in [3.63, 3.8) is 0 Å². The van der Waals surface area contributed by atoms with Crippen LogP contribution in [0.25, 0.3) is 0 Å². The zero-order valence-corrected chi connectivity index (χ0v) is 15.3. The molecule has 0 aliphatic carbocycles. The second kappa shape index (κ2) is 6.70. The normalized spacial score (nSPS) is 24.7. The van der Waals surface area contributed by atoms with E-state index in [1.54, 1.807) is 0 Å². The van der Waals surface area contributed by atoms with Gasteiger partial charge in [0, 0.05) is 38.0 Å². The van der Waals surface area contributed by atoms with E-state index in [1.807, 2.05) is 23.6 Å². The van der Waals surface area contributed by atoms with Crippen LogP contribution in [0, 0.1) is 5.41 Å². The van der Waals surface area contributed by atoms with Crippen molar-refractivity contribution in [3.05, 3.63) is 10.6 Å². The number of hydrogen-bond acceptors (Lipinski definition) is 5. The molecule has 2 aliphatic rings. The molecule has 2 N–H and O–H groups in total. The number of aryl methyl sites for hydroxylation is 1. The van der Waals surface area contributed by atoms with Crippen LogP contribution in [0.3, 0.4) is 0 Å². The number of rotatable bonds is 3. The van der Waals surface area contributed by atoms with E-state index in [2.05, 4.69) is 4.98 Å². The Balaban J connectivity index is 1.78. The highest BCUT2D eigenvalue weighted by Crippen LogP contribution is 2.39. The fourth-order valence-corrected chi connectivity index (χ4v) is 4.91. The topological polar surface area (TPSA) is 79.5 Å². The van der Waals surface area contributed by atoms with Gasteiger partial charge in [-0.2, -0.15) is 0 Å². The first-order valence-corrected chi connectivity index (χ1v) is 9.62. The molecule has 3 rings (SSSR count). The molecule has 0 unspecified atom stereocenters. The molecular weight excluding hydrogens is 324 g/mol. The highest BCUT2D eigenvalue weighted by molar-refractivity contribution is 7.17. The Morgan fingerprint density at radius 3 is 2.83 bits per heavy atom. The molecule has 24 heavy (non-hydrogen) atoms. The lowest BCUT2D eigenvalue weighted by Gasteiger charge is -2.48. The molecule has 0 radical (unpaired) electrons. The molecule has 1 aromatic heterocycles. The molecule has 2 saturated heterocycles. The monoisotopic (exact) mass is 350 g/mol. The van der Waals surface area contributed by atoms with Crippen molar-refractivity contribution in [2.75, 3.05) is 31.9 Å². The van der Waals surface area contributed by atoms with E-state index < -0.39 is 0 Å². The number of carbonyl (C=O) groups excluding carboxylic acids is 2. The predicted molar refractivity (Wildman–Crippen MR) is 95.0 cm³/mol. The second-order valence-corrected chi connectivity index (χ2v) is 7.95. The third kappa shape index (κ3) is 3.14. The van der Waals surface area contributed by atoms with Gasteiger partial charge in [-0.3, -0.25) is 9.59 Å². The first-order valence-electron chi connectivity index (χ1n) is 8.80. The fourth-order valence-electron chi connectivity index (χ4n) is 4.03. The van der Waals surface area contributed by atoms with Gasteiger partial charge in [-0.05, 0) is 32.6 Å². The van der Waals surface area contributed by atoms with Gasteiger partial charge in [-0.15, -0.1) is 0 Å². The number of amides is 2. The molecular formula is C17H26N4O2S. The number of nitrogen functional groups attached to an aromatic ring is 1. The third-order valence-electron chi connectivity index (χ3n) is 5.32. The smallest absolute Gasteiger partial charge is 0.265 e. The first-order chi connectivity index (χ1) is 11.5. The first kappa shape index (κ1) is 17.2. The summed E-state index contributed by atoms with van der Waals surface area (Å²) in [5.41, 5.74) is 6.66. The zero-order chi connectivity index (χ0) is 17.3. The molecule has 2 fully saturated rings. The van der Waals surface area contributed by atoms with Crippen molar-refractivity contribution in [1.82, 2.24) is 14.8 Å². The Kier molecular flexibility index (Phi) is 4.80. The molecule has 7 heteroatoms. The fraction of sp³-hybridized carbons (Fsp3) is 0.706. The summed E-state index contributed by atoms with van der Waals surface area (Å²) in [6.07, 6.45) is 4.28. The van der Waals surface area contributed by atoms with Gasteiger partial charge in [-0.25, -0.2) is 4.98 Å². The van der Waals surface area contributed by atoms with Crippen LogP contribution >= 0.6 is 11.3 Å². The van der Waals surface area contributed by atoms with Crippen molar-refractivity contribution in [1.29, 1.82) is 0 Å². The number of likely N-dealkylation sites (tertiary alicyclic amines) is 2. The molecule has 2 aliphatic heterocycles. The number of nitrogens with two attached hydrogens (primary N) is 1. The molecule has 2 amide bonds. The van der Waals surface area contributed by atoms with Crippen LogP contribution in [0.1, 0.15) is 54.9 Å². The number of hydrogen-bond donors (Lipinski definition) is 1. The standard InChI is InChI=1S/C17H26N4O2S/c1-3-12-14(24-16(18)19-12)15(23)21-9-5-7-17(11-21)8-6-13(22)20(4-2)10-17/h3-11H2,1-2H3,(H2,18,19)/t17-/m0/s1. The van der Waals surface area contributed by atoms with Gasteiger partial charge in [0.05, 0.1) is 5.69 Å². The number of nitrogens with zero attached hydrogens (tertiary/aromatic N) is 3. The lowest BCUT2D eigenvalue weighted by molar-refractivity contribution is -0.138. The maximum absolute atomic E-state index is 13.0. The van der Waals surface area contributed by atoms with Crippen molar-refractivity contribution in [3.8, 4) is 0 Å². The van der Waals surface area contributed by atoms with E-state index in [9.17, 15) is 9.59 Å². The average molecular weight is 350 g/mol. The predicted octanol–water partition coefficient (Wildman–Crippen LogP) is 2.15. The molecule has 6 nitrogen and oxygen atoms in total. The maximum atomic E-state index is 13.0. The molecule has 1 spiro atoms. The molecule has 0 bridgehead atoms. The zero-order valence-electron chi connectivity index (χ0n) is 14.5. The van der Waals surface area contributed by atoms with Crippen molar-refractivity contribution < 1.29 is 9.59 Å². The maximum Gasteiger partial charge on any atom is 0.265 e. The number of thiazole rings is 1. The molecule has 1 atom stereocenters. The SMILES string of the molecule is CCc1nc(N)sc1C(=O)N1CCC[C@@]2(CCC(=O)N(CC)C2)C1. The summed E-state index contributed by atoms with van der Waals surface area (Å²) >= 11 is 1.29. The number of piperidine rings is 2. The third-order valence-corrected chi connectivity index (χ3v) is 6.24. The molecule has 0 saturated carbocycles. The van der Waals surface area contributed by atoms with Gasteiger partial charge in [0.15, 0.2) is 5.13 Å². The van der Waals surface area contributed by atoms with Gasteiger partial charge in [-0.1, -0.05) is 18.3 Å². The van der Waals surface area contributed by atoms with Crippen LogP contribution in [0.4, 0.5) is 5.13 Å². The number of anilines is 1. The second-order valence-electron chi connectivity index (χ2n) is 6.92. The molecule has 132 valence electrons. The Hall–Kier alpha value is -1.63. The Morgan fingerprint density at radius 2 is 2.12 bits per heavy atom. The quantitative estimate of drug-likeness (QED) is 0.906. The van der Waals surface area contributed by atoms with Crippen LogP contribution in [0.15, 0.2) is 0 Å². The van der Waals surface area contributed by atoms with E-state index in [1.165, 1.54) is 11.3 Å². The summed E-state index contributed by atoms with van der Waals surface area (Å²) in [5.74, 6) is 0.301. The van der Waals surface area contributed by atoms with E-state index >= 15 is 0 Å². The largest absolute Gasteiger partial charge is 0.375 e. The highest BCUT2D eigenvalue weighted by atomic mass is 32.1. The minimum atomic E-state index is 0.0556. The van der Waals surface area contributed by atoms with Gasteiger partial charge >= 0.3 is 0 Å². The minimum absolute atomic E-state index is 0.0556. The average Bonchev–Trinajstić information content (AvgIpc) is 2.97. The summed E-state index contributed by atoms with van der Waals surface area (Å²) in [6.45, 7) is 7.06. The Labute approximate surface area is 147 Å². The van der Waals surface area contributed by atoms with Crippen molar-refractivity contribution in [2.24, 2.45) is 5.41 Å². The van der Waals surface area contributed by atoms with E-state index in [4.69, 9.17) is 5.73 Å². The summed E-state index contributed by atoms with van der Waals surface area (Å²) in [7, 11) is 0. The summed E-state index contributed by atoms with van der Waals surface area (Å²) in [6, 6.07) is 0. The summed E-state index contributed by atoms with van der Waals surface area (Å²) in [5, 5.41) is 0.461. The lowest BCUT2D eigenvalue weighted by Crippen LogP contribution is -2.55. The van der Waals surface area contributed by atoms with Crippen LogP contribution in [-0.2, 0) is 11.2 Å². The van der Waals surface area contributed by atoms with Crippen LogP contribution in [0.5, 0.6) is 0 Å². The van der Waals surface area contributed by atoms with Crippen LogP contribution in [-0.4, -0.2) is 52.8 Å². The molecule has 1 aromatic rings. The number of carbonyl (C=O) groups is 2.